The van der Waals surface area contributed by atoms with Crippen molar-refractivity contribution in [2.75, 3.05) is 0 Å². The minimum atomic E-state index is 0.408. The van der Waals surface area contributed by atoms with E-state index in [0.29, 0.717) is 23.0 Å². The summed E-state index contributed by atoms with van der Waals surface area (Å²) in [5, 5.41) is 13.6. The zero-order valence-corrected chi connectivity index (χ0v) is 10.5. The Kier molecular flexibility index (Phi) is 3.16. The summed E-state index contributed by atoms with van der Waals surface area (Å²) in [5.41, 5.74) is 3.46. The molecule has 0 amide bonds. The number of aryl methyl sites for hydroxylation is 2. The number of hydrogen-bond donors (Lipinski definition) is 0. The van der Waals surface area contributed by atoms with Crippen molar-refractivity contribution in [3.05, 3.63) is 51.8 Å². The van der Waals surface area contributed by atoms with E-state index in [0.717, 1.165) is 5.56 Å². The Hall–Kier alpha value is -1.79. The van der Waals surface area contributed by atoms with Crippen LogP contribution in [0.2, 0.25) is 5.15 Å². The maximum absolute atomic E-state index is 8.93. The van der Waals surface area contributed by atoms with Gasteiger partial charge in [0.15, 0.2) is 0 Å². The molecule has 0 unspecified atom stereocenters. The highest BCUT2D eigenvalue weighted by atomic mass is 35.5. The van der Waals surface area contributed by atoms with Gasteiger partial charge in [-0.25, -0.2) is 4.68 Å². The fourth-order valence-electron chi connectivity index (χ4n) is 1.65. The van der Waals surface area contributed by atoms with E-state index in [-0.39, 0.29) is 0 Å². The van der Waals surface area contributed by atoms with Crippen molar-refractivity contribution in [2.24, 2.45) is 0 Å². The van der Waals surface area contributed by atoms with Crippen LogP contribution in [0.3, 0.4) is 0 Å². The molecule has 0 aliphatic carbocycles. The molecule has 3 nitrogen and oxygen atoms in total. The Morgan fingerprint density at radius 2 is 1.94 bits per heavy atom. The minimum Gasteiger partial charge on any atom is -0.248 e. The summed E-state index contributed by atoms with van der Waals surface area (Å²) in [6, 6.07) is 10.2. The van der Waals surface area contributed by atoms with Crippen LogP contribution in [-0.2, 0) is 6.54 Å². The quantitative estimate of drug-likeness (QED) is 0.816. The van der Waals surface area contributed by atoms with Gasteiger partial charge in [-0.1, -0.05) is 41.4 Å². The largest absolute Gasteiger partial charge is 0.248 e. The molecule has 17 heavy (non-hydrogen) atoms. The highest BCUT2D eigenvalue weighted by molar-refractivity contribution is 6.30. The molecule has 1 heterocycles. The second kappa shape index (κ2) is 4.60. The Morgan fingerprint density at radius 3 is 2.47 bits per heavy atom. The Morgan fingerprint density at radius 1 is 1.29 bits per heavy atom. The zero-order chi connectivity index (χ0) is 12.4. The van der Waals surface area contributed by atoms with Gasteiger partial charge in [-0.15, -0.1) is 0 Å². The SMILES string of the molecule is Cc1ccc(Cn2nc(C)c(C#N)c2Cl)cc1. The lowest BCUT2D eigenvalue weighted by atomic mass is 10.1. The van der Waals surface area contributed by atoms with E-state index in [9.17, 15) is 0 Å². The Bertz CT molecular complexity index is 576. The molecule has 0 N–H and O–H groups in total. The predicted octanol–water partition coefficient (Wildman–Crippen LogP) is 3.07. The van der Waals surface area contributed by atoms with Crippen molar-refractivity contribution < 1.29 is 0 Å². The molecule has 1 aromatic carbocycles. The third-order valence-corrected chi connectivity index (χ3v) is 3.01. The average Bonchev–Trinajstić information content (AvgIpc) is 2.57. The first-order chi connectivity index (χ1) is 8.11. The summed E-state index contributed by atoms with van der Waals surface area (Å²) in [7, 11) is 0. The summed E-state index contributed by atoms with van der Waals surface area (Å²) in [4.78, 5) is 0. The van der Waals surface area contributed by atoms with Crippen molar-refractivity contribution in [3.63, 3.8) is 0 Å². The molecule has 0 aliphatic rings. The van der Waals surface area contributed by atoms with Gasteiger partial charge in [0.2, 0.25) is 0 Å². The highest BCUT2D eigenvalue weighted by Crippen LogP contribution is 2.19. The second-order valence-corrected chi connectivity index (χ2v) is 4.36. The van der Waals surface area contributed by atoms with Crippen LogP contribution in [0.25, 0.3) is 0 Å². The standard InChI is InChI=1S/C13H12ClN3/c1-9-3-5-11(6-4-9)8-17-13(14)12(7-15)10(2)16-17/h3-6H,8H2,1-2H3. The number of halogens is 1. The van der Waals surface area contributed by atoms with Crippen LogP contribution in [0.15, 0.2) is 24.3 Å². The molecule has 0 saturated carbocycles. The first-order valence-electron chi connectivity index (χ1n) is 5.30. The number of aromatic nitrogens is 2. The van der Waals surface area contributed by atoms with E-state index in [1.165, 1.54) is 5.56 Å². The van der Waals surface area contributed by atoms with Crippen molar-refractivity contribution in [2.45, 2.75) is 20.4 Å². The number of rotatable bonds is 2. The van der Waals surface area contributed by atoms with E-state index >= 15 is 0 Å². The summed E-state index contributed by atoms with van der Waals surface area (Å²) in [5.74, 6) is 0. The summed E-state index contributed by atoms with van der Waals surface area (Å²) in [6.45, 7) is 4.42. The zero-order valence-electron chi connectivity index (χ0n) is 9.74. The van der Waals surface area contributed by atoms with Crippen molar-refractivity contribution >= 4 is 11.6 Å². The van der Waals surface area contributed by atoms with E-state index < -0.39 is 0 Å². The van der Waals surface area contributed by atoms with Gasteiger partial charge >= 0.3 is 0 Å². The molecule has 4 heteroatoms. The maximum Gasteiger partial charge on any atom is 0.145 e. The van der Waals surface area contributed by atoms with E-state index in [4.69, 9.17) is 16.9 Å². The molecule has 0 spiro atoms. The van der Waals surface area contributed by atoms with Gasteiger partial charge in [0.25, 0.3) is 0 Å². The van der Waals surface area contributed by atoms with Gasteiger partial charge in [-0.05, 0) is 19.4 Å². The summed E-state index contributed by atoms with van der Waals surface area (Å²) >= 11 is 6.09. The molecular weight excluding hydrogens is 234 g/mol. The molecule has 0 atom stereocenters. The summed E-state index contributed by atoms with van der Waals surface area (Å²) in [6.07, 6.45) is 0. The van der Waals surface area contributed by atoms with Gasteiger partial charge in [-0.3, -0.25) is 0 Å². The molecule has 0 aliphatic heterocycles. The molecular formula is C13H12ClN3. The van der Waals surface area contributed by atoms with Crippen LogP contribution in [0.5, 0.6) is 0 Å². The lowest BCUT2D eigenvalue weighted by molar-refractivity contribution is 0.680. The van der Waals surface area contributed by atoms with E-state index in [1.54, 1.807) is 11.6 Å². The third-order valence-electron chi connectivity index (χ3n) is 2.63. The number of nitrogens with zero attached hydrogens (tertiary/aromatic N) is 3. The molecule has 0 bridgehead atoms. The maximum atomic E-state index is 8.93. The molecule has 0 saturated heterocycles. The molecule has 2 rings (SSSR count). The van der Waals surface area contributed by atoms with Crippen LogP contribution in [0.4, 0.5) is 0 Å². The van der Waals surface area contributed by atoms with Gasteiger partial charge in [0.05, 0.1) is 12.2 Å². The van der Waals surface area contributed by atoms with Crippen molar-refractivity contribution in [3.8, 4) is 6.07 Å². The van der Waals surface area contributed by atoms with Crippen LogP contribution < -0.4 is 0 Å². The van der Waals surface area contributed by atoms with Crippen LogP contribution in [0, 0.1) is 25.2 Å². The lowest BCUT2D eigenvalue weighted by Gasteiger charge is -2.03. The summed E-state index contributed by atoms with van der Waals surface area (Å²) < 4.78 is 1.65. The molecule has 2 aromatic rings. The Balaban J connectivity index is 2.31. The molecule has 0 radical (unpaired) electrons. The number of benzene rings is 1. The fourth-order valence-corrected chi connectivity index (χ4v) is 1.93. The van der Waals surface area contributed by atoms with Gasteiger partial charge < -0.3 is 0 Å². The van der Waals surface area contributed by atoms with Crippen LogP contribution in [0.1, 0.15) is 22.4 Å². The van der Waals surface area contributed by atoms with Gasteiger partial charge in [-0.2, -0.15) is 10.4 Å². The normalized spacial score (nSPS) is 10.2. The first-order valence-corrected chi connectivity index (χ1v) is 5.68. The predicted molar refractivity (Wildman–Crippen MR) is 67.0 cm³/mol. The average molecular weight is 246 g/mol. The number of hydrogen-bond acceptors (Lipinski definition) is 2. The third kappa shape index (κ3) is 2.32. The fraction of sp³-hybridized carbons (Fsp3) is 0.231. The monoisotopic (exact) mass is 245 g/mol. The van der Waals surface area contributed by atoms with Crippen LogP contribution >= 0.6 is 11.6 Å². The molecule has 86 valence electrons. The topological polar surface area (TPSA) is 41.6 Å². The van der Waals surface area contributed by atoms with E-state index in [1.807, 2.05) is 31.2 Å². The second-order valence-electron chi connectivity index (χ2n) is 4.01. The van der Waals surface area contributed by atoms with E-state index in [2.05, 4.69) is 11.2 Å². The van der Waals surface area contributed by atoms with Crippen molar-refractivity contribution in [1.82, 2.24) is 9.78 Å². The first kappa shape index (κ1) is 11.7. The lowest BCUT2D eigenvalue weighted by Crippen LogP contribution is -2.02. The smallest absolute Gasteiger partial charge is 0.145 e. The Labute approximate surface area is 105 Å². The van der Waals surface area contributed by atoms with Crippen molar-refractivity contribution in [1.29, 1.82) is 5.26 Å². The molecule has 0 fully saturated rings. The molecule has 1 aromatic heterocycles. The van der Waals surface area contributed by atoms with Crippen LogP contribution in [-0.4, -0.2) is 9.78 Å². The number of nitriles is 1. The highest BCUT2D eigenvalue weighted by Gasteiger charge is 2.12. The van der Waals surface area contributed by atoms with Gasteiger partial charge in [0.1, 0.15) is 16.8 Å². The minimum absolute atomic E-state index is 0.408. The van der Waals surface area contributed by atoms with Gasteiger partial charge in [0, 0.05) is 0 Å².